The Kier molecular flexibility index (Phi) is 7.86. The molecule has 4 nitrogen and oxygen atoms in total. The highest BCUT2D eigenvalue weighted by Crippen LogP contribution is 2.32. The quantitative estimate of drug-likeness (QED) is 0.541. The van der Waals surface area contributed by atoms with Gasteiger partial charge < -0.3 is 9.94 Å². The maximum Gasteiger partial charge on any atom is 0.168 e. The molecule has 1 rings (SSSR count). The van der Waals surface area contributed by atoms with Gasteiger partial charge in [0.1, 0.15) is 12.4 Å². The monoisotopic (exact) mass is 313 g/mol. The lowest BCUT2D eigenvalue weighted by Gasteiger charge is -2.25. The first-order valence-corrected chi connectivity index (χ1v) is 8.99. The van der Waals surface area contributed by atoms with Gasteiger partial charge >= 0.3 is 0 Å². The van der Waals surface area contributed by atoms with Crippen LogP contribution in [-0.2, 0) is 9.63 Å². The minimum absolute atomic E-state index is 0.00366. The molecule has 0 heterocycles. The number of rotatable bonds is 8. The van der Waals surface area contributed by atoms with Gasteiger partial charge in [0.2, 0.25) is 0 Å². The van der Waals surface area contributed by atoms with Gasteiger partial charge in [-0.2, -0.15) is 11.8 Å². The molecule has 120 valence electrons. The number of nitrogens with zero attached hydrogens (tertiary/aromatic N) is 1. The zero-order valence-corrected chi connectivity index (χ0v) is 14.3. The maximum absolute atomic E-state index is 12.4. The van der Waals surface area contributed by atoms with Crippen molar-refractivity contribution in [3.8, 4) is 0 Å². The number of Topliss-reactive ketones (excluding diaryl/α,β-unsaturated/α-hetero) is 1. The zero-order valence-electron chi connectivity index (χ0n) is 13.5. The summed E-state index contributed by atoms with van der Waals surface area (Å²) in [6.07, 6.45) is 5.61. The van der Waals surface area contributed by atoms with E-state index in [0.29, 0.717) is 42.4 Å². The standard InChI is InChI=1S/C16H27NO3S/c1-5-7-13(17-20-6-2)16-14(18)9-12(10-15(16)19)8-11(3)21-4/h11-12,18H,5-10H2,1-4H3. The first kappa shape index (κ1) is 18.1. The van der Waals surface area contributed by atoms with Crippen LogP contribution in [0.3, 0.4) is 0 Å². The highest BCUT2D eigenvalue weighted by atomic mass is 32.2. The number of carbonyl (C=O) groups is 1. The molecule has 1 aliphatic carbocycles. The molecule has 0 spiro atoms. The molecule has 0 saturated carbocycles. The van der Waals surface area contributed by atoms with Crippen molar-refractivity contribution in [2.24, 2.45) is 11.1 Å². The van der Waals surface area contributed by atoms with Crippen LogP contribution in [0.1, 0.15) is 52.9 Å². The Labute approximate surface area is 132 Å². The van der Waals surface area contributed by atoms with Crippen LogP contribution < -0.4 is 0 Å². The maximum atomic E-state index is 12.4. The number of hydrogen-bond donors (Lipinski definition) is 1. The number of allylic oxidation sites excluding steroid dienone is 2. The minimum Gasteiger partial charge on any atom is -0.511 e. The van der Waals surface area contributed by atoms with Gasteiger partial charge in [-0.1, -0.05) is 25.4 Å². The van der Waals surface area contributed by atoms with Crippen molar-refractivity contribution in [2.75, 3.05) is 12.9 Å². The lowest BCUT2D eigenvalue weighted by Crippen LogP contribution is -2.26. The van der Waals surface area contributed by atoms with E-state index >= 15 is 0 Å². The SMILES string of the molecule is CCCC(=NOCC)C1=C(O)CC(CC(C)SC)CC1=O. The van der Waals surface area contributed by atoms with Crippen molar-refractivity contribution in [2.45, 2.75) is 58.1 Å². The Morgan fingerprint density at radius 2 is 2.19 bits per heavy atom. The van der Waals surface area contributed by atoms with Crippen molar-refractivity contribution in [3.05, 3.63) is 11.3 Å². The van der Waals surface area contributed by atoms with E-state index in [1.54, 1.807) is 11.8 Å². The predicted molar refractivity (Wildman–Crippen MR) is 88.9 cm³/mol. The lowest BCUT2D eigenvalue weighted by molar-refractivity contribution is -0.116. The summed E-state index contributed by atoms with van der Waals surface area (Å²) in [6.45, 7) is 6.49. The number of aliphatic hydroxyl groups excluding tert-OH is 1. The molecule has 0 aromatic rings. The first-order chi connectivity index (χ1) is 10.0. The van der Waals surface area contributed by atoms with Crippen molar-refractivity contribution in [3.63, 3.8) is 0 Å². The summed E-state index contributed by atoms with van der Waals surface area (Å²) in [5, 5.41) is 14.8. The van der Waals surface area contributed by atoms with E-state index in [1.165, 1.54) is 0 Å². The molecule has 2 unspecified atom stereocenters. The fourth-order valence-electron chi connectivity index (χ4n) is 2.63. The summed E-state index contributed by atoms with van der Waals surface area (Å²) in [7, 11) is 0. The van der Waals surface area contributed by atoms with E-state index in [4.69, 9.17) is 4.84 Å². The molecular weight excluding hydrogens is 286 g/mol. The van der Waals surface area contributed by atoms with Gasteiger partial charge in [-0.25, -0.2) is 0 Å². The molecule has 1 aliphatic rings. The van der Waals surface area contributed by atoms with Crippen LogP contribution in [0.2, 0.25) is 0 Å². The molecule has 0 amide bonds. The average molecular weight is 313 g/mol. The normalized spacial score (nSPS) is 21.6. The third kappa shape index (κ3) is 5.38. The van der Waals surface area contributed by atoms with Crippen LogP contribution in [0.15, 0.2) is 16.5 Å². The smallest absolute Gasteiger partial charge is 0.168 e. The van der Waals surface area contributed by atoms with Crippen LogP contribution >= 0.6 is 11.8 Å². The van der Waals surface area contributed by atoms with E-state index in [0.717, 1.165) is 12.8 Å². The van der Waals surface area contributed by atoms with Gasteiger partial charge in [0.25, 0.3) is 0 Å². The molecule has 0 aromatic heterocycles. The highest BCUT2D eigenvalue weighted by molar-refractivity contribution is 7.99. The Hall–Kier alpha value is -0.970. The largest absolute Gasteiger partial charge is 0.511 e. The molecule has 0 bridgehead atoms. The Bertz CT molecular complexity index is 418. The van der Waals surface area contributed by atoms with E-state index in [2.05, 4.69) is 18.3 Å². The van der Waals surface area contributed by atoms with E-state index < -0.39 is 0 Å². The van der Waals surface area contributed by atoms with Gasteiger partial charge in [0, 0.05) is 18.1 Å². The van der Waals surface area contributed by atoms with Crippen molar-refractivity contribution < 1.29 is 14.7 Å². The second kappa shape index (κ2) is 9.13. The third-order valence-corrected chi connectivity index (χ3v) is 4.67. The summed E-state index contributed by atoms with van der Waals surface area (Å²) in [5.41, 5.74) is 0.997. The molecule has 2 atom stereocenters. The summed E-state index contributed by atoms with van der Waals surface area (Å²) in [4.78, 5) is 17.5. The Morgan fingerprint density at radius 3 is 2.71 bits per heavy atom. The number of hydrogen-bond acceptors (Lipinski definition) is 5. The number of thioether (sulfide) groups is 1. The number of oxime groups is 1. The third-order valence-electron chi connectivity index (χ3n) is 3.67. The Balaban J connectivity index is 2.90. The molecule has 0 aromatic carbocycles. The number of ketones is 1. The van der Waals surface area contributed by atoms with Crippen molar-refractivity contribution in [1.29, 1.82) is 0 Å². The summed E-state index contributed by atoms with van der Waals surface area (Å²) in [5.74, 6) is 0.430. The van der Waals surface area contributed by atoms with Crippen LogP contribution in [-0.4, -0.2) is 34.7 Å². The van der Waals surface area contributed by atoms with Gasteiger partial charge in [-0.3, -0.25) is 4.79 Å². The van der Waals surface area contributed by atoms with Crippen molar-refractivity contribution in [1.82, 2.24) is 0 Å². The first-order valence-electron chi connectivity index (χ1n) is 7.70. The van der Waals surface area contributed by atoms with E-state index in [9.17, 15) is 9.90 Å². The van der Waals surface area contributed by atoms with Crippen LogP contribution in [0, 0.1) is 5.92 Å². The molecule has 0 radical (unpaired) electrons. The average Bonchev–Trinajstić information content (AvgIpc) is 2.43. The van der Waals surface area contributed by atoms with E-state index in [-0.39, 0.29) is 17.5 Å². The van der Waals surface area contributed by atoms with E-state index in [1.807, 2.05) is 13.8 Å². The number of carbonyl (C=O) groups excluding carboxylic acids is 1. The Morgan fingerprint density at radius 1 is 1.48 bits per heavy atom. The zero-order chi connectivity index (χ0) is 15.8. The van der Waals surface area contributed by atoms with Crippen LogP contribution in [0.25, 0.3) is 0 Å². The summed E-state index contributed by atoms with van der Waals surface area (Å²) < 4.78 is 0. The summed E-state index contributed by atoms with van der Waals surface area (Å²) in [6, 6.07) is 0. The lowest BCUT2D eigenvalue weighted by atomic mass is 9.82. The molecule has 0 fully saturated rings. The van der Waals surface area contributed by atoms with Gasteiger partial charge in [0.05, 0.1) is 11.3 Å². The minimum atomic E-state index is 0.00366. The topological polar surface area (TPSA) is 58.9 Å². The molecule has 0 aliphatic heterocycles. The van der Waals surface area contributed by atoms with Gasteiger partial charge in [-0.15, -0.1) is 0 Å². The molecule has 1 N–H and O–H groups in total. The molecule has 5 heteroatoms. The van der Waals surface area contributed by atoms with Crippen LogP contribution in [0.4, 0.5) is 0 Å². The molecule has 0 saturated heterocycles. The van der Waals surface area contributed by atoms with Gasteiger partial charge in [-0.05, 0) is 31.9 Å². The fourth-order valence-corrected chi connectivity index (χ4v) is 3.09. The fraction of sp³-hybridized carbons (Fsp3) is 0.750. The van der Waals surface area contributed by atoms with Crippen LogP contribution in [0.5, 0.6) is 0 Å². The number of aliphatic hydroxyl groups is 1. The highest BCUT2D eigenvalue weighted by Gasteiger charge is 2.31. The second-order valence-corrected chi connectivity index (χ2v) is 6.78. The molecular formula is C16H27NO3S. The summed E-state index contributed by atoms with van der Waals surface area (Å²) >= 11 is 1.79. The van der Waals surface area contributed by atoms with Gasteiger partial charge in [0.15, 0.2) is 5.78 Å². The molecule has 21 heavy (non-hydrogen) atoms. The second-order valence-electron chi connectivity index (χ2n) is 5.51. The van der Waals surface area contributed by atoms with Crippen molar-refractivity contribution >= 4 is 23.3 Å². The predicted octanol–water partition coefficient (Wildman–Crippen LogP) is 4.11.